The quantitative estimate of drug-likeness (QED) is 0.743. The minimum absolute atomic E-state index is 0.257. The smallest absolute Gasteiger partial charge is 0.186 e. The van der Waals surface area contributed by atoms with Gasteiger partial charge in [0.25, 0.3) is 0 Å². The Labute approximate surface area is 130 Å². The molecule has 3 aromatic rings. The van der Waals surface area contributed by atoms with Gasteiger partial charge >= 0.3 is 0 Å². The van der Waals surface area contributed by atoms with Gasteiger partial charge in [0, 0.05) is 37.8 Å². The van der Waals surface area contributed by atoms with Crippen LogP contribution in [0.3, 0.4) is 0 Å². The fraction of sp³-hybridized carbons (Fsp3) is 0.333. The third kappa shape index (κ3) is 2.35. The van der Waals surface area contributed by atoms with E-state index in [0.29, 0.717) is 10.6 Å². The lowest BCUT2D eigenvalue weighted by Gasteiger charge is -2.39. The number of benzene rings is 1. The number of hydrogen-bond donors (Lipinski definition) is 0. The molecule has 2 aromatic heterocycles. The Hall–Kier alpha value is -2.02. The Morgan fingerprint density at radius 3 is 2.86 bits per heavy atom. The maximum Gasteiger partial charge on any atom is 0.186 e. The van der Waals surface area contributed by atoms with Gasteiger partial charge < -0.3 is 4.90 Å². The van der Waals surface area contributed by atoms with Gasteiger partial charge in [-0.1, -0.05) is 11.3 Å². The normalized spacial score (nSPS) is 15.5. The number of anilines is 1. The van der Waals surface area contributed by atoms with E-state index in [-0.39, 0.29) is 5.52 Å². The molecule has 7 heteroatoms. The van der Waals surface area contributed by atoms with E-state index in [4.69, 9.17) is 0 Å². The van der Waals surface area contributed by atoms with Crippen LogP contribution in [0.2, 0.25) is 0 Å². The molecule has 4 rings (SSSR count). The molecule has 1 aromatic carbocycles. The molecular weight excluding hydrogens is 306 g/mol. The Morgan fingerprint density at radius 2 is 2.14 bits per heavy atom. The molecule has 0 radical (unpaired) electrons. The van der Waals surface area contributed by atoms with Crippen molar-refractivity contribution >= 4 is 26.7 Å². The summed E-state index contributed by atoms with van der Waals surface area (Å²) < 4.78 is 29.4. The van der Waals surface area contributed by atoms with E-state index in [0.717, 1.165) is 36.4 Å². The van der Waals surface area contributed by atoms with Crippen molar-refractivity contribution in [3.8, 4) is 0 Å². The van der Waals surface area contributed by atoms with Gasteiger partial charge in [-0.3, -0.25) is 4.68 Å². The molecule has 3 heterocycles. The van der Waals surface area contributed by atoms with Gasteiger partial charge in [0.1, 0.15) is 11.3 Å². The minimum Gasteiger partial charge on any atom is -0.347 e. The molecule has 0 spiro atoms. The molecule has 1 saturated heterocycles. The van der Waals surface area contributed by atoms with Crippen molar-refractivity contribution in [2.75, 3.05) is 18.0 Å². The van der Waals surface area contributed by atoms with Crippen molar-refractivity contribution in [3.05, 3.63) is 41.7 Å². The van der Waals surface area contributed by atoms with Crippen molar-refractivity contribution < 1.29 is 8.78 Å². The van der Waals surface area contributed by atoms with Crippen LogP contribution in [0.4, 0.5) is 13.9 Å². The van der Waals surface area contributed by atoms with Gasteiger partial charge in [-0.05, 0) is 18.6 Å². The van der Waals surface area contributed by atoms with E-state index >= 15 is 0 Å². The maximum atomic E-state index is 13.7. The van der Waals surface area contributed by atoms with Crippen LogP contribution in [0, 0.1) is 24.5 Å². The minimum atomic E-state index is -0.596. The number of aromatic nitrogens is 3. The molecule has 0 aliphatic carbocycles. The number of hydrogen-bond acceptors (Lipinski definition) is 4. The fourth-order valence-corrected chi connectivity index (χ4v) is 3.78. The van der Waals surface area contributed by atoms with Gasteiger partial charge in [0.2, 0.25) is 0 Å². The van der Waals surface area contributed by atoms with E-state index < -0.39 is 11.6 Å². The molecule has 0 atom stereocenters. The molecule has 1 fully saturated rings. The third-order valence-corrected chi connectivity index (χ3v) is 4.90. The summed E-state index contributed by atoms with van der Waals surface area (Å²) in [4.78, 5) is 6.40. The number of halogens is 2. The second kappa shape index (κ2) is 5.01. The third-order valence-electron chi connectivity index (χ3n) is 3.84. The number of fused-ring (bicyclic) bond motifs is 1. The first-order valence-corrected chi connectivity index (χ1v) is 7.90. The number of aryl methyl sites for hydroxylation is 1. The van der Waals surface area contributed by atoms with Gasteiger partial charge in [-0.2, -0.15) is 5.10 Å². The van der Waals surface area contributed by atoms with Crippen molar-refractivity contribution in [1.82, 2.24) is 14.8 Å². The zero-order valence-corrected chi connectivity index (χ0v) is 12.8. The monoisotopic (exact) mass is 320 g/mol. The molecule has 1 aliphatic heterocycles. The van der Waals surface area contributed by atoms with Crippen molar-refractivity contribution in [2.24, 2.45) is 5.92 Å². The van der Waals surface area contributed by atoms with Crippen LogP contribution >= 0.6 is 11.3 Å². The van der Waals surface area contributed by atoms with Crippen LogP contribution < -0.4 is 4.90 Å². The lowest BCUT2D eigenvalue weighted by atomic mass is 10.0. The second-order valence-corrected chi connectivity index (χ2v) is 6.75. The van der Waals surface area contributed by atoms with Gasteiger partial charge in [0.05, 0.1) is 10.9 Å². The largest absolute Gasteiger partial charge is 0.347 e. The van der Waals surface area contributed by atoms with E-state index in [1.54, 1.807) is 0 Å². The highest BCUT2D eigenvalue weighted by atomic mass is 32.1. The molecule has 1 aliphatic rings. The Kier molecular flexibility index (Phi) is 3.11. The summed E-state index contributed by atoms with van der Waals surface area (Å²) in [6, 6.07) is 2.22. The predicted molar refractivity (Wildman–Crippen MR) is 82.2 cm³/mol. The van der Waals surface area contributed by atoms with Crippen LogP contribution in [-0.2, 0) is 6.54 Å². The zero-order valence-electron chi connectivity index (χ0n) is 12.0. The molecule has 0 unspecified atom stereocenters. The van der Waals surface area contributed by atoms with Crippen LogP contribution in [-0.4, -0.2) is 27.9 Å². The van der Waals surface area contributed by atoms with Crippen LogP contribution in [0.15, 0.2) is 24.5 Å². The van der Waals surface area contributed by atoms with Crippen LogP contribution in [0.5, 0.6) is 0 Å². The average molecular weight is 320 g/mol. The molecule has 0 saturated carbocycles. The average Bonchev–Trinajstić information content (AvgIpc) is 2.99. The first-order chi connectivity index (χ1) is 10.6. The highest BCUT2D eigenvalue weighted by Crippen LogP contribution is 2.34. The fourth-order valence-electron chi connectivity index (χ4n) is 2.75. The number of nitrogens with zero attached hydrogens (tertiary/aromatic N) is 4. The highest BCUT2D eigenvalue weighted by molar-refractivity contribution is 7.22. The van der Waals surface area contributed by atoms with E-state index in [1.165, 1.54) is 17.4 Å². The summed E-state index contributed by atoms with van der Waals surface area (Å²) in [6.45, 7) is 4.62. The number of rotatable bonds is 3. The second-order valence-electron chi connectivity index (χ2n) is 5.74. The molecule has 4 nitrogen and oxygen atoms in total. The standard InChI is InChI=1S/C15H14F2N4S/c1-9-4-18-21(5-9)8-10-6-20(7-10)15-19-14-12(17)2-11(16)3-13(14)22-15/h2-5,10H,6-8H2,1H3. The van der Waals surface area contributed by atoms with E-state index in [9.17, 15) is 8.78 Å². The molecule has 22 heavy (non-hydrogen) atoms. The van der Waals surface area contributed by atoms with Gasteiger partial charge in [-0.15, -0.1) is 0 Å². The summed E-state index contributed by atoms with van der Waals surface area (Å²) in [7, 11) is 0. The van der Waals surface area contributed by atoms with E-state index in [1.807, 2.05) is 24.0 Å². The molecule has 114 valence electrons. The predicted octanol–water partition coefficient (Wildman–Crippen LogP) is 3.22. The van der Waals surface area contributed by atoms with Gasteiger partial charge in [-0.25, -0.2) is 13.8 Å². The first kappa shape index (κ1) is 13.6. The molecule has 0 amide bonds. The Morgan fingerprint density at radius 1 is 1.32 bits per heavy atom. The SMILES string of the molecule is Cc1cnn(CC2CN(c3nc4c(F)cc(F)cc4s3)C2)c1. The molecular formula is C15H14F2N4S. The lowest BCUT2D eigenvalue weighted by molar-refractivity contribution is 0.342. The van der Waals surface area contributed by atoms with E-state index in [2.05, 4.69) is 15.0 Å². The molecule has 0 bridgehead atoms. The topological polar surface area (TPSA) is 34.0 Å². The van der Waals surface area contributed by atoms with Crippen LogP contribution in [0.25, 0.3) is 10.2 Å². The lowest BCUT2D eigenvalue weighted by Crippen LogP contribution is -2.48. The van der Waals surface area contributed by atoms with Crippen molar-refractivity contribution in [1.29, 1.82) is 0 Å². The summed E-state index contributed by atoms with van der Waals surface area (Å²) in [5.41, 5.74) is 1.41. The molecule has 0 N–H and O–H groups in total. The number of thiazole rings is 1. The maximum absolute atomic E-state index is 13.7. The summed E-state index contributed by atoms with van der Waals surface area (Å²) in [5.74, 6) is -0.648. The van der Waals surface area contributed by atoms with Crippen molar-refractivity contribution in [2.45, 2.75) is 13.5 Å². The zero-order chi connectivity index (χ0) is 15.3. The van der Waals surface area contributed by atoms with Crippen molar-refractivity contribution in [3.63, 3.8) is 0 Å². The Balaban J connectivity index is 1.47. The highest BCUT2D eigenvalue weighted by Gasteiger charge is 2.29. The summed E-state index contributed by atoms with van der Waals surface area (Å²) in [5, 5.41) is 5.04. The van der Waals surface area contributed by atoms with Gasteiger partial charge in [0.15, 0.2) is 10.9 Å². The first-order valence-electron chi connectivity index (χ1n) is 7.08. The van der Waals surface area contributed by atoms with Crippen LogP contribution in [0.1, 0.15) is 5.56 Å². The Bertz CT molecular complexity index is 835. The summed E-state index contributed by atoms with van der Waals surface area (Å²) >= 11 is 1.33. The summed E-state index contributed by atoms with van der Waals surface area (Å²) in [6.07, 6.45) is 3.87.